The van der Waals surface area contributed by atoms with E-state index in [1.165, 1.54) is 24.3 Å². The van der Waals surface area contributed by atoms with Crippen LogP contribution in [0.15, 0.2) is 46.9 Å². The number of carbonyl (C=O) groups excluding carboxylic acids is 1. The third-order valence-electron chi connectivity index (χ3n) is 3.40. The lowest BCUT2D eigenvalue weighted by Crippen LogP contribution is -2.01. The van der Waals surface area contributed by atoms with Crippen molar-refractivity contribution in [2.45, 2.75) is 6.61 Å². The smallest absolute Gasteiger partial charge is 0.331 e. The molecule has 0 bridgehead atoms. The van der Waals surface area contributed by atoms with Crippen molar-refractivity contribution in [1.29, 1.82) is 0 Å². The molecule has 25 heavy (non-hydrogen) atoms. The average molecular weight is 406 g/mol. The quantitative estimate of drug-likeness (QED) is 0.325. The van der Waals surface area contributed by atoms with Crippen LogP contribution in [-0.4, -0.2) is 17.7 Å². The van der Waals surface area contributed by atoms with Crippen LogP contribution in [0.1, 0.15) is 11.1 Å². The number of benzene rings is 2. The summed E-state index contributed by atoms with van der Waals surface area (Å²) in [6, 6.07) is 9.46. The number of halogens is 1. The number of fused-ring (bicyclic) bond motifs is 1. The van der Waals surface area contributed by atoms with Gasteiger partial charge < -0.3 is 14.2 Å². The Morgan fingerprint density at radius 2 is 2.04 bits per heavy atom. The minimum Gasteiger partial charge on any atom is -0.458 e. The molecule has 7 nitrogen and oxygen atoms in total. The van der Waals surface area contributed by atoms with Crippen LogP contribution < -0.4 is 9.47 Å². The summed E-state index contributed by atoms with van der Waals surface area (Å²) in [5, 5.41) is 10.7. The molecule has 0 N–H and O–H groups in total. The number of esters is 1. The SMILES string of the molecule is O=C(/C=C/c1cccc([N+](=O)[O-])c1)OCc1cc2c(cc1Br)OCO2. The molecule has 0 radical (unpaired) electrons. The van der Waals surface area contributed by atoms with Gasteiger partial charge in [0.05, 0.1) is 4.92 Å². The van der Waals surface area contributed by atoms with Gasteiger partial charge >= 0.3 is 5.97 Å². The molecule has 128 valence electrons. The van der Waals surface area contributed by atoms with Gasteiger partial charge in [0.2, 0.25) is 6.79 Å². The highest BCUT2D eigenvalue weighted by Gasteiger charge is 2.16. The van der Waals surface area contributed by atoms with E-state index in [4.69, 9.17) is 14.2 Å². The van der Waals surface area contributed by atoms with Crippen LogP contribution in [0, 0.1) is 10.1 Å². The van der Waals surface area contributed by atoms with Gasteiger partial charge in [0, 0.05) is 28.2 Å². The lowest BCUT2D eigenvalue weighted by atomic mass is 10.2. The van der Waals surface area contributed by atoms with Gasteiger partial charge in [-0.2, -0.15) is 0 Å². The molecule has 2 aromatic rings. The summed E-state index contributed by atoms with van der Waals surface area (Å²) in [7, 11) is 0. The Bertz CT molecular complexity index is 864. The first kappa shape index (κ1) is 17.0. The van der Waals surface area contributed by atoms with Gasteiger partial charge in [-0.3, -0.25) is 10.1 Å². The minimum atomic E-state index is -0.559. The summed E-state index contributed by atoms with van der Waals surface area (Å²) in [4.78, 5) is 22.1. The first-order chi connectivity index (χ1) is 12.0. The fraction of sp³-hybridized carbons (Fsp3) is 0.118. The molecular weight excluding hydrogens is 394 g/mol. The molecule has 0 unspecified atom stereocenters. The standard InChI is InChI=1S/C17H12BrNO6/c18-14-8-16-15(24-10-25-16)7-12(14)9-23-17(20)5-4-11-2-1-3-13(6-11)19(21)22/h1-8H,9-10H2/b5-4+. The molecule has 0 aliphatic carbocycles. The summed E-state index contributed by atoms with van der Waals surface area (Å²) in [5.74, 6) is 0.671. The third-order valence-corrected chi connectivity index (χ3v) is 4.14. The molecule has 1 aliphatic heterocycles. The molecule has 8 heteroatoms. The molecule has 0 amide bonds. The summed E-state index contributed by atoms with van der Waals surface area (Å²) < 4.78 is 16.5. The highest BCUT2D eigenvalue weighted by molar-refractivity contribution is 9.10. The Balaban J connectivity index is 1.62. The van der Waals surface area contributed by atoms with E-state index in [0.29, 0.717) is 17.1 Å². The van der Waals surface area contributed by atoms with Crippen molar-refractivity contribution in [2.75, 3.05) is 6.79 Å². The van der Waals surface area contributed by atoms with Crippen LogP contribution in [-0.2, 0) is 16.1 Å². The van der Waals surface area contributed by atoms with Gasteiger partial charge in [-0.15, -0.1) is 0 Å². The first-order valence-corrected chi connectivity index (χ1v) is 7.99. The Hall–Kier alpha value is -2.87. The lowest BCUT2D eigenvalue weighted by molar-refractivity contribution is -0.384. The van der Waals surface area contributed by atoms with E-state index >= 15 is 0 Å². The van der Waals surface area contributed by atoms with E-state index in [9.17, 15) is 14.9 Å². The first-order valence-electron chi connectivity index (χ1n) is 7.20. The molecule has 0 spiro atoms. The maximum absolute atomic E-state index is 11.8. The monoisotopic (exact) mass is 405 g/mol. The molecule has 3 rings (SSSR count). The Morgan fingerprint density at radius 3 is 2.80 bits per heavy atom. The normalized spacial score (nSPS) is 12.4. The van der Waals surface area contributed by atoms with Crippen LogP contribution in [0.25, 0.3) is 6.08 Å². The number of rotatable bonds is 5. The van der Waals surface area contributed by atoms with Crippen LogP contribution in [0.3, 0.4) is 0 Å². The summed E-state index contributed by atoms with van der Waals surface area (Å²) in [6.07, 6.45) is 2.68. The predicted molar refractivity (Wildman–Crippen MR) is 92.2 cm³/mol. The zero-order valence-electron chi connectivity index (χ0n) is 12.8. The number of hydrogen-bond donors (Lipinski definition) is 0. The Morgan fingerprint density at radius 1 is 1.28 bits per heavy atom. The van der Waals surface area contributed by atoms with E-state index in [1.54, 1.807) is 24.3 Å². The second-order valence-electron chi connectivity index (χ2n) is 5.09. The number of nitro groups is 1. The van der Waals surface area contributed by atoms with Crippen LogP contribution >= 0.6 is 15.9 Å². The molecular formula is C17H12BrNO6. The summed E-state index contributed by atoms with van der Waals surface area (Å²) in [5.41, 5.74) is 1.23. The average Bonchev–Trinajstić information content (AvgIpc) is 3.05. The van der Waals surface area contributed by atoms with Crippen molar-refractivity contribution < 1.29 is 23.9 Å². The van der Waals surface area contributed by atoms with Gasteiger partial charge in [0.15, 0.2) is 11.5 Å². The van der Waals surface area contributed by atoms with Crippen molar-refractivity contribution in [1.82, 2.24) is 0 Å². The van der Waals surface area contributed by atoms with E-state index in [2.05, 4.69) is 15.9 Å². The third kappa shape index (κ3) is 4.16. The predicted octanol–water partition coefficient (Wildman–Crippen LogP) is 3.84. The molecule has 0 fully saturated rings. The molecule has 2 aromatic carbocycles. The summed E-state index contributed by atoms with van der Waals surface area (Å²) >= 11 is 3.39. The maximum Gasteiger partial charge on any atom is 0.331 e. The largest absolute Gasteiger partial charge is 0.458 e. The van der Waals surface area contributed by atoms with Gasteiger partial charge in [-0.25, -0.2) is 4.79 Å². The van der Waals surface area contributed by atoms with Crippen molar-refractivity contribution in [3.63, 3.8) is 0 Å². The van der Waals surface area contributed by atoms with Crippen LogP contribution in [0.2, 0.25) is 0 Å². The van der Waals surface area contributed by atoms with Crippen molar-refractivity contribution >= 4 is 33.7 Å². The topological polar surface area (TPSA) is 87.9 Å². The molecule has 0 atom stereocenters. The van der Waals surface area contributed by atoms with Crippen molar-refractivity contribution in [3.05, 3.63) is 68.2 Å². The van der Waals surface area contributed by atoms with Gasteiger partial charge in [0.1, 0.15) is 6.61 Å². The van der Waals surface area contributed by atoms with Crippen molar-refractivity contribution in [3.8, 4) is 11.5 Å². The van der Waals surface area contributed by atoms with Gasteiger partial charge in [-0.1, -0.05) is 28.1 Å². The highest BCUT2D eigenvalue weighted by Crippen LogP contribution is 2.37. The van der Waals surface area contributed by atoms with E-state index in [0.717, 1.165) is 10.0 Å². The molecule has 1 heterocycles. The summed E-state index contributed by atoms with van der Waals surface area (Å²) in [6.45, 7) is 0.215. The second kappa shape index (κ2) is 7.35. The lowest BCUT2D eigenvalue weighted by Gasteiger charge is -2.06. The number of ether oxygens (including phenoxy) is 3. The van der Waals surface area contributed by atoms with Gasteiger partial charge in [0.25, 0.3) is 5.69 Å². The Labute approximate surface area is 151 Å². The van der Waals surface area contributed by atoms with E-state index in [-0.39, 0.29) is 19.1 Å². The molecule has 1 aliphatic rings. The van der Waals surface area contributed by atoms with Crippen molar-refractivity contribution in [2.24, 2.45) is 0 Å². The highest BCUT2D eigenvalue weighted by atomic mass is 79.9. The zero-order valence-corrected chi connectivity index (χ0v) is 14.4. The minimum absolute atomic E-state index is 0.0418. The fourth-order valence-electron chi connectivity index (χ4n) is 2.17. The van der Waals surface area contributed by atoms with Gasteiger partial charge in [-0.05, 0) is 23.8 Å². The maximum atomic E-state index is 11.8. The molecule has 0 aromatic heterocycles. The fourth-order valence-corrected chi connectivity index (χ4v) is 2.61. The molecule has 0 saturated carbocycles. The number of nitrogens with zero attached hydrogens (tertiary/aromatic N) is 1. The number of hydrogen-bond acceptors (Lipinski definition) is 6. The van der Waals surface area contributed by atoms with Crippen LogP contribution in [0.4, 0.5) is 5.69 Å². The number of non-ortho nitro benzene ring substituents is 1. The number of nitro benzene ring substituents is 1. The van der Waals surface area contributed by atoms with E-state index < -0.39 is 10.9 Å². The molecule has 0 saturated heterocycles. The second-order valence-corrected chi connectivity index (χ2v) is 5.94. The Kier molecular flexibility index (Phi) is 4.99. The zero-order chi connectivity index (χ0) is 17.8. The van der Waals surface area contributed by atoms with E-state index in [1.807, 2.05) is 0 Å². The number of carbonyl (C=O) groups is 1. The van der Waals surface area contributed by atoms with Crippen LogP contribution in [0.5, 0.6) is 11.5 Å².